The molecule has 8 heteroatoms. The number of hydrogen-bond acceptors (Lipinski definition) is 7. The molecule has 5 aromatic heterocycles. The van der Waals surface area contributed by atoms with Crippen LogP contribution in [0.2, 0.25) is 0 Å². The van der Waals surface area contributed by atoms with Crippen LogP contribution >= 0.6 is 0 Å². The Morgan fingerprint density at radius 2 is 0.857 bits per heavy atom. The summed E-state index contributed by atoms with van der Waals surface area (Å²) in [6, 6.07) is 75.4. The van der Waals surface area contributed by atoms with E-state index in [0.717, 1.165) is 61.1 Å². The number of furan rings is 1. The second-order valence-corrected chi connectivity index (χ2v) is 17.5. The highest BCUT2D eigenvalue weighted by atomic mass is 16.3. The Bertz CT molecular complexity index is 4300. The highest BCUT2D eigenvalue weighted by Gasteiger charge is 2.21. The van der Waals surface area contributed by atoms with Crippen LogP contribution in [0.5, 0.6) is 0 Å². The molecule has 0 N–H and O–H groups in total. The van der Waals surface area contributed by atoms with Crippen LogP contribution in [-0.4, -0.2) is 34.5 Å². The SMILES string of the molecule is c1ccc(-c2nc(-c3ccc(-c4nc(-c5ccccc5)nc5c4oc4ncc(-c6ccc7cc8ccccc8cc7c6)cc45)cc3)nc(-c3cccc(-n4c5ccccc5c5ccccc54)c3)n2)cc1. The van der Waals surface area contributed by atoms with E-state index in [1.165, 1.54) is 32.3 Å². The zero-order valence-electron chi connectivity index (χ0n) is 37.4. The maximum atomic E-state index is 6.60. The largest absolute Gasteiger partial charge is 0.434 e. The van der Waals surface area contributed by atoms with Crippen LogP contribution in [0, 0.1) is 0 Å². The zero-order valence-corrected chi connectivity index (χ0v) is 37.4. The lowest BCUT2D eigenvalue weighted by atomic mass is 9.99. The minimum atomic E-state index is 0.497. The van der Waals surface area contributed by atoms with Gasteiger partial charge in [-0.1, -0.05) is 170 Å². The summed E-state index contributed by atoms with van der Waals surface area (Å²) in [5.74, 6) is 2.31. The maximum absolute atomic E-state index is 6.60. The van der Waals surface area contributed by atoms with Gasteiger partial charge in [0.1, 0.15) is 11.2 Å². The van der Waals surface area contributed by atoms with Crippen molar-refractivity contribution in [3.63, 3.8) is 0 Å². The first-order valence-corrected chi connectivity index (χ1v) is 23.3. The number of benzene rings is 9. The molecule has 14 rings (SSSR count). The minimum absolute atomic E-state index is 0.497. The van der Waals surface area contributed by atoms with Gasteiger partial charge in [-0.05, 0) is 75.6 Å². The molecular formula is C62H37N7O. The normalized spacial score (nSPS) is 11.7. The monoisotopic (exact) mass is 895 g/mol. The van der Waals surface area contributed by atoms with Crippen molar-refractivity contribution in [3.05, 3.63) is 225 Å². The van der Waals surface area contributed by atoms with Crippen molar-refractivity contribution in [3.8, 4) is 73.6 Å². The van der Waals surface area contributed by atoms with Crippen LogP contribution in [0.1, 0.15) is 0 Å². The molecule has 326 valence electrons. The van der Waals surface area contributed by atoms with Gasteiger partial charge in [0.15, 0.2) is 28.9 Å². The molecule has 0 aliphatic carbocycles. The molecule has 9 aromatic carbocycles. The molecule has 0 amide bonds. The quantitative estimate of drug-likeness (QED) is 0.147. The molecule has 0 aliphatic rings. The van der Waals surface area contributed by atoms with Crippen molar-refractivity contribution in [1.82, 2.24) is 34.5 Å². The molecule has 0 atom stereocenters. The molecule has 0 unspecified atom stereocenters. The number of nitrogens with zero attached hydrogens (tertiary/aromatic N) is 7. The van der Waals surface area contributed by atoms with E-state index in [9.17, 15) is 0 Å². The van der Waals surface area contributed by atoms with Crippen LogP contribution in [-0.2, 0) is 0 Å². The second-order valence-electron chi connectivity index (χ2n) is 17.5. The van der Waals surface area contributed by atoms with Gasteiger partial charge < -0.3 is 8.98 Å². The predicted molar refractivity (Wildman–Crippen MR) is 282 cm³/mol. The van der Waals surface area contributed by atoms with E-state index in [-0.39, 0.29) is 0 Å². The van der Waals surface area contributed by atoms with Gasteiger partial charge in [0.25, 0.3) is 0 Å². The van der Waals surface area contributed by atoms with Crippen molar-refractivity contribution in [2.45, 2.75) is 0 Å². The summed E-state index contributed by atoms with van der Waals surface area (Å²) in [7, 11) is 0. The van der Waals surface area contributed by atoms with Gasteiger partial charge in [0, 0.05) is 56.0 Å². The lowest BCUT2D eigenvalue weighted by Crippen LogP contribution is -2.01. The summed E-state index contributed by atoms with van der Waals surface area (Å²) in [5, 5.41) is 8.02. The highest BCUT2D eigenvalue weighted by Crippen LogP contribution is 2.39. The fourth-order valence-corrected chi connectivity index (χ4v) is 9.83. The van der Waals surface area contributed by atoms with Gasteiger partial charge in [0.05, 0.1) is 16.4 Å². The third kappa shape index (κ3) is 6.69. The zero-order chi connectivity index (χ0) is 46.1. The molecule has 14 aromatic rings. The first-order chi connectivity index (χ1) is 34.6. The molecule has 0 radical (unpaired) electrons. The van der Waals surface area contributed by atoms with Crippen molar-refractivity contribution in [2.75, 3.05) is 0 Å². The standard InChI is InChI=1S/C62H37N7O/c1-3-14-39(15-4-1)58-64-55(57-56(65-58)52-36-48(37-63-62(52)70-57)45-31-30-44-32-42-18-7-8-19-43(42)33-47(44)34-45)38-26-28-41(29-27-38)60-66-59(40-16-5-2-6-17-40)67-61(68-60)46-20-13-21-49(35-46)69-53-24-11-9-22-50(53)51-23-10-12-25-54(51)69/h1-37H. The summed E-state index contributed by atoms with van der Waals surface area (Å²) in [5.41, 5.74) is 12.1. The minimum Gasteiger partial charge on any atom is -0.434 e. The topological polar surface area (TPSA) is 95.4 Å². The molecular weight excluding hydrogens is 859 g/mol. The van der Waals surface area contributed by atoms with E-state index < -0.39 is 0 Å². The average Bonchev–Trinajstić information content (AvgIpc) is 3.98. The van der Waals surface area contributed by atoms with Crippen LogP contribution in [0.25, 0.3) is 139 Å². The first-order valence-electron chi connectivity index (χ1n) is 23.3. The smallest absolute Gasteiger partial charge is 0.229 e. The fraction of sp³-hybridized carbons (Fsp3) is 0. The number of hydrogen-bond donors (Lipinski definition) is 0. The fourth-order valence-electron chi connectivity index (χ4n) is 9.83. The third-order valence-electron chi connectivity index (χ3n) is 13.3. The summed E-state index contributed by atoms with van der Waals surface area (Å²) in [6.45, 7) is 0. The molecule has 0 saturated heterocycles. The van der Waals surface area contributed by atoms with Crippen LogP contribution < -0.4 is 0 Å². The molecule has 0 saturated carbocycles. The van der Waals surface area contributed by atoms with Gasteiger partial charge >= 0.3 is 0 Å². The number of pyridine rings is 1. The number of fused-ring (bicyclic) bond motifs is 8. The molecule has 0 fully saturated rings. The van der Waals surface area contributed by atoms with E-state index in [2.05, 4.69) is 138 Å². The third-order valence-corrected chi connectivity index (χ3v) is 13.3. The Labute approximate surface area is 400 Å². The van der Waals surface area contributed by atoms with Gasteiger partial charge in [-0.15, -0.1) is 0 Å². The molecule has 5 heterocycles. The Morgan fingerprint density at radius 1 is 0.329 bits per heavy atom. The van der Waals surface area contributed by atoms with Crippen LogP contribution in [0.4, 0.5) is 0 Å². The van der Waals surface area contributed by atoms with Crippen LogP contribution in [0.15, 0.2) is 229 Å². The van der Waals surface area contributed by atoms with Gasteiger partial charge in [-0.3, -0.25) is 0 Å². The van der Waals surface area contributed by atoms with Crippen molar-refractivity contribution < 1.29 is 4.42 Å². The van der Waals surface area contributed by atoms with Gasteiger partial charge in [-0.2, -0.15) is 0 Å². The van der Waals surface area contributed by atoms with Gasteiger partial charge in [-0.25, -0.2) is 29.9 Å². The Hall–Kier alpha value is -9.66. The highest BCUT2D eigenvalue weighted by molar-refractivity contribution is 6.10. The Kier molecular flexibility index (Phi) is 9.03. The summed E-state index contributed by atoms with van der Waals surface area (Å²) in [4.78, 5) is 30.5. The van der Waals surface area contributed by atoms with Crippen LogP contribution in [0.3, 0.4) is 0 Å². The second kappa shape index (κ2) is 16.0. The predicted octanol–water partition coefficient (Wildman–Crippen LogP) is 15.4. The Morgan fingerprint density at radius 3 is 1.54 bits per heavy atom. The number of rotatable bonds is 7. The molecule has 0 spiro atoms. The lowest BCUT2D eigenvalue weighted by molar-refractivity contribution is 0.653. The van der Waals surface area contributed by atoms with Crippen molar-refractivity contribution in [2.24, 2.45) is 0 Å². The average molecular weight is 896 g/mol. The summed E-state index contributed by atoms with van der Waals surface area (Å²) < 4.78 is 8.90. The van der Waals surface area contributed by atoms with Gasteiger partial charge in [0.2, 0.25) is 5.71 Å². The van der Waals surface area contributed by atoms with E-state index in [4.69, 9.17) is 34.3 Å². The summed E-state index contributed by atoms with van der Waals surface area (Å²) >= 11 is 0. The van der Waals surface area contributed by atoms with E-state index in [0.29, 0.717) is 45.8 Å². The van der Waals surface area contributed by atoms with Crippen molar-refractivity contribution >= 4 is 65.6 Å². The molecule has 0 bridgehead atoms. The van der Waals surface area contributed by atoms with E-state index >= 15 is 0 Å². The van der Waals surface area contributed by atoms with E-state index in [1.54, 1.807) is 0 Å². The Balaban J connectivity index is 0.877. The number of para-hydroxylation sites is 2. The molecule has 8 nitrogen and oxygen atoms in total. The number of aromatic nitrogens is 7. The lowest BCUT2D eigenvalue weighted by Gasteiger charge is -2.12. The van der Waals surface area contributed by atoms with Crippen molar-refractivity contribution in [1.29, 1.82) is 0 Å². The molecule has 70 heavy (non-hydrogen) atoms. The summed E-state index contributed by atoms with van der Waals surface area (Å²) in [6.07, 6.45) is 1.88. The molecule has 0 aliphatic heterocycles. The maximum Gasteiger partial charge on any atom is 0.229 e. The first kappa shape index (κ1) is 39.5. The van der Waals surface area contributed by atoms with E-state index in [1.807, 2.05) is 91.1 Å².